The monoisotopic (exact) mass is 121 g/mol. The lowest BCUT2D eigenvalue weighted by Crippen LogP contribution is -2.23. The molecule has 1 radical (unpaired) electrons. The average Bonchev–Trinajstić information content (AvgIpc) is 2.68. The van der Waals surface area contributed by atoms with Crippen molar-refractivity contribution in [2.75, 3.05) is 0 Å². The fourth-order valence-corrected chi connectivity index (χ4v) is 3.01. The van der Waals surface area contributed by atoms with E-state index in [1.54, 1.807) is 19.3 Å². The highest BCUT2D eigenvalue weighted by Gasteiger charge is 2.53. The smallest absolute Gasteiger partial charge is 0.0207 e. The third-order valence-electron chi connectivity index (χ3n) is 3.64. The molecule has 2 atom stereocenters. The van der Waals surface area contributed by atoms with Gasteiger partial charge in [-0.05, 0) is 55.8 Å². The first-order valence-corrected chi connectivity index (χ1v) is 4.30. The molecule has 4 rings (SSSR count). The summed E-state index contributed by atoms with van der Waals surface area (Å²) in [5.41, 5.74) is 0. The van der Waals surface area contributed by atoms with Gasteiger partial charge in [-0.1, -0.05) is 0 Å². The second-order valence-corrected chi connectivity index (χ2v) is 4.00. The molecule has 0 nitrogen and oxygen atoms in total. The summed E-state index contributed by atoms with van der Waals surface area (Å²) in [6.45, 7) is 0. The Morgan fingerprint density at radius 2 is 1.89 bits per heavy atom. The summed E-state index contributed by atoms with van der Waals surface area (Å²) in [7, 11) is 0. The molecular weight excluding hydrogens is 108 g/mol. The van der Waals surface area contributed by atoms with Crippen LogP contribution in [0.2, 0.25) is 0 Å². The van der Waals surface area contributed by atoms with Crippen LogP contribution in [0, 0.1) is 23.7 Å². The zero-order valence-electron chi connectivity index (χ0n) is 5.77. The number of fused-ring (bicyclic) bond motifs is 2. The van der Waals surface area contributed by atoms with E-state index in [2.05, 4.69) is 0 Å². The van der Waals surface area contributed by atoms with E-state index in [-0.39, 0.29) is 0 Å². The molecule has 4 aliphatic rings. The third-order valence-corrected chi connectivity index (χ3v) is 3.64. The van der Waals surface area contributed by atoms with Crippen molar-refractivity contribution < 1.29 is 0 Å². The van der Waals surface area contributed by atoms with Crippen LogP contribution in [0.3, 0.4) is 0 Å². The topological polar surface area (TPSA) is 0 Å². The molecule has 4 aliphatic carbocycles. The Kier molecular flexibility index (Phi) is 0.717. The van der Waals surface area contributed by atoms with Crippen LogP contribution in [0.25, 0.3) is 0 Å². The summed E-state index contributed by atoms with van der Waals surface area (Å²) in [6, 6.07) is 0. The molecule has 0 N–H and O–H groups in total. The molecule has 0 spiro atoms. The minimum atomic E-state index is 1.15. The van der Waals surface area contributed by atoms with Gasteiger partial charge in [-0.2, -0.15) is 0 Å². The van der Waals surface area contributed by atoms with Crippen LogP contribution in [-0.4, -0.2) is 0 Å². The van der Waals surface area contributed by atoms with E-state index in [1.165, 1.54) is 24.7 Å². The minimum absolute atomic E-state index is 1.15. The fraction of sp³-hybridized carbons (Fsp3) is 0.889. The molecule has 0 saturated heterocycles. The van der Waals surface area contributed by atoms with Crippen molar-refractivity contribution in [1.29, 1.82) is 0 Å². The van der Waals surface area contributed by atoms with Gasteiger partial charge in [-0.3, -0.25) is 0 Å². The molecule has 0 aromatic rings. The maximum absolute atomic E-state index is 1.95. The van der Waals surface area contributed by atoms with Gasteiger partial charge >= 0.3 is 0 Å². The van der Waals surface area contributed by atoms with E-state index < -0.39 is 0 Å². The van der Waals surface area contributed by atoms with Crippen molar-refractivity contribution >= 4 is 0 Å². The van der Waals surface area contributed by atoms with E-state index in [1.807, 2.05) is 5.92 Å². The molecule has 2 bridgehead atoms. The predicted molar refractivity (Wildman–Crippen MR) is 36.8 cm³/mol. The van der Waals surface area contributed by atoms with Gasteiger partial charge in [0, 0.05) is 0 Å². The highest BCUT2D eigenvalue weighted by atomic mass is 14.6. The standard InChI is InChI=1S/C9H13/c1-2-7-4-3-6(1)8-5-9(7)8/h6,8-9H,1-5H2. The lowest BCUT2D eigenvalue weighted by atomic mass is 9.71. The van der Waals surface area contributed by atoms with Gasteiger partial charge in [0.05, 0.1) is 0 Å². The summed E-state index contributed by atoms with van der Waals surface area (Å²) in [6.07, 6.45) is 7.70. The number of hydrogen-bond donors (Lipinski definition) is 0. The van der Waals surface area contributed by atoms with Crippen LogP contribution in [0.15, 0.2) is 0 Å². The average molecular weight is 121 g/mol. The van der Waals surface area contributed by atoms with Crippen LogP contribution < -0.4 is 0 Å². The van der Waals surface area contributed by atoms with Gasteiger partial charge in [-0.15, -0.1) is 0 Å². The van der Waals surface area contributed by atoms with Gasteiger partial charge in [-0.25, -0.2) is 0 Å². The molecule has 49 valence electrons. The highest BCUT2D eigenvalue weighted by molar-refractivity contribution is 5.17. The van der Waals surface area contributed by atoms with Gasteiger partial charge in [0.15, 0.2) is 0 Å². The molecule has 0 aliphatic heterocycles. The Bertz CT molecular complexity index is 115. The Morgan fingerprint density at radius 1 is 1.11 bits per heavy atom. The Labute approximate surface area is 56.6 Å². The Hall–Kier alpha value is 0. The largest absolute Gasteiger partial charge is 0.0496 e. The lowest BCUT2D eigenvalue weighted by Gasteiger charge is -2.34. The molecule has 0 amide bonds. The molecular formula is C9H13. The van der Waals surface area contributed by atoms with E-state index in [9.17, 15) is 0 Å². The number of rotatable bonds is 0. The van der Waals surface area contributed by atoms with Crippen molar-refractivity contribution in [3.63, 3.8) is 0 Å². The molecule has 0 aromatic carbocycles. The summed E-state index contributed by atoms with van der Waals surface area (Å²) < 4.78 is 0. The lowest BCUT2D eigenvalue weighted by molar-refractivity contribution is 0.264. The van der Waals surface area contributed by atoms with E-state index in [0.29, 0.717) is 0 Å². The van der Waals surface area contributed by atoms with Gasteiger partial charge in [0.2, 0.25) is 0 Å². The van der Waals surface area contributed by atoms with Crippen LogP contribution >= 0.6 is 0 Å². The first-order chi connectivity index (χ1) is 4.45. The number of hydrogen-bond acceptors (Lipinski definition) is 0. The van der Waals surface area contributed by atoms with E-state index in [0.717, 1.165) is 5.92 Å². The van der Waals surface area contributed by atoms with E-state index in [4.69, 9.17) is 0 Å². The molecule has 0 aromatic heterocycles. The fourth-order valence-electron chi connectivity index (χ4n) is 3.01. The van der Waals surface area contributed by atoms with Crippen LogP contribution in [-0.2, 0) is 0 Å². The second-order valence-electron chi connectivity index (χ2n) is 4.00. The molecule has 9 heavy (non-hydrogen) atoms. The highest BCUT2D eigenvalue weighted by Crippen LogP contribution is 2.63. The summed E-state index contributed by atoms with van der Waals surface area (Å²) in [5, 5.41) is 0. The van der Waals surface area contributed by atoms with Crippen molar-refractivity contribution in [1.82, 2.24) is 0 Å². The Balaban J connectivity index is 1.93. The Morgan fingerprint density at radius 3 is 2.33 bits per heavy atom. The van der Waals surface area contributed by atoms with Crippen LogP contribution in [0.1, 0.15) is 32.1 Å². The first kappa shape index (κ1) is 4.76. The normalized spacial score (nSPS) is 55.3. The molecule has 0 heteroatoms. The minimum Gasteiger partial charge on any atom is -0.0496 e. The zero-order valence-corrected chi connectivity index (χ0v) is 5.77. The molecule has 0 heterocycles. The summed E-state index contributed by atoms with van der Waals surface area (Å²) in [4.78, 5) is 0. The van der Waals surface area contributed by atoms with Gasteiger partial charge < -0.3 is 0 Å². The predicted octanol–water partition coefficient (Wildman–Crippen LogP) is 2.40. The quantitative estimate of drug-likeness (QED) is 0.461. The molecule has 4 fully saturated rings. The maximum Gasteiger partial charge on any atom is -0.0207 e. The molecule has 2 unspecified atom stereocenters. The summed E-state index contributed by atoms with van der Waals surface area (Å²) in [5.74, 6) is 5.47. The SMILES string of the molecule is C1CC2CC[C]1C1CC21. The van der Waals surface area contributed by atoms with Crippen molar-refractivity contribution in [3.8, 4) is 0 Å². The van der Waals surface area contributed by atoms with Gasteiger partial charge in [0.1, 0.15) is 0 Å². The van der Waals surface area contributed by atoms with Crippen molar-refractivity contribution in [2.24, 2.45) is 17.8 Å². The maximum atomic E-state index is 1.95. The van der Waals surface area contributed by atoms with E-state index >= 15 is 0 Å². The van der Waals surface area contributed by atoms with Crippen molar-refractivity contribution in [3.05, 3.63) is 5.92 Å². The molecule has 4 saturated carbocycles. The third kappa shape index (κ3) is 0.500. The first-order valence-electron chi connectivity index (χ1n) is 4.30. The van der Waals surface area contributed by atoms with Crippen LogP contribution in [0.5, 0.6) is 0 Å². The zero-order chi connectivity index (χ0) is 5.84. The van der Waals surface area contributed by atoms with Gasteiger partial charge in [0.25, 0.3) is 0 Å². The summed E-state index contributed by atoms with van der Waals surface area (Å²) >= 11 is 0. The second kappa shape index (κ2) is 1.36. The van der Waals surface area contributed by atoms with Crippen LogP contribution in [0.4, 0.5) is 0 Å². The van der Waals surface area contributed by atoms with Crippen molar-refractivity contribution in [2.45, 2.75) is 32.1 Å².